The Balaban J connectivity index is 1.76. The first-order valence-corrected chi connectivity index (χ1v) is 6.68. The molecule has 0 saturated heterocycles. The number of rotatable bonds is 5. The SMILES string of the molecule is CC(Cc1ccccc1)NCC1(O)CCCC1. The van der Waals surface area contributed by atoms with Crippen molar-refractivity contribution in [1.82, 2.24) is 5.32 Å². The second kappa shape index (κ2) is 5.65. The fraction of sp³-hybridized carbons (Fsp3) is 0.600. The summed E-state index contributed by atoms with van der Waals surface area (Å²) in [7, 11) is 0. The second-order valence-corrected chi connectivity index (χ2v) is 5.40. The van der Waals surface area contributed by atoms with E-state index in [9.17, 15) is 5.11 Å². The number of aliphatic hydroxyl groups is 1. The van der Waals surface area contributed by atoms with Gasteiger partial charge in [-0.15, -0.1) is 0 Å². The van der Waals surface area contributed by atoms with E-state index >= 15 is 0 Å². The zero-order valence-electron chi connectivity index (χ0n) is 10.7. The number of nitrogens with one attached hydrogen (secondary N) is 1. The number of hydrogen-bond acceptors (Lipinski definition) is 2. The van der Waals surface area contributed by atoms with Crippen LogP contribution in [0, 0.1) is 0 Å². The molecule has 1 aliphatic rings. The van der Waals surface area contributed by atoms with Gasteiger partial charge in [0.2, 0.25) is 0 Å². The van der Waals surface area contributed by atoms with Crippen molar-refractivity contribution in [2.45, 2.75) is 50.7 Å². The van der Waals surface area contributed by atoms with Crippen LogP contribution in [0.5, 0.6) is 0 Å². The van der Waals surface area contributed by atoms with E-state index in [2.05, 4.69) is 36.5 Å². The summed E-state index contributed by atoms with van der Waals surface area (Å²) < 4.78 is 0. The van der Waals surface area contributed by atoms with E-state index in [1.54, 1.807) is 0 Å². The Morgan fingerprint density at radius 3 is 2.53 bits per heavy atom. The van der Waals surface area contributed by atoms with Gasteiger partial charge in [-0.05, 0) is 31.7 Å². The monoisotopic (exact) mass is 233 g/mol. The van der Waals surface area contributed by atoms with Crippen molar-refractivity contribution in [3.05, 3.63) is 35.9 Å². The van der Waals surface area contributed by atoms with Crippen LogP contribution in [0.15, 0.2) is 30.3 Å². The number of hydrogen-bond donors (Lipinski definition) is 2. The summed E-state index contributed by atoms with van der Waals surface area (Å²) in [5, 5.41) is 13.7. The molecule has 0 aliphatic heterocycles. The predicted octanol–water partition coefficient (Wildman–Crippen LogP) is 2.51. The van der Waals surface area contributed by atoms with Gasteiger partial charge in [-0.2, -0.15) is 0 Å². The molecule has 1 saturated carbocycles. The van der Waals surface area contributed by atoms with Gasteiger partial charge in [-0.25, -0.2) is 0 Å². The average Bonchev–Trinajstić information content (AvgIpc) is 2.76. The van der Waals surface area contributed by atoms with Crippen LogP contribution in [0.25, 0.3) is 0 Å². The van der Waals surface area contributed by atoms with Gasteiger partial charge in [0.15, 0.2) is 0 Å². The first kappa shape index (κ1) is 12.6. The van der Waals surface area contributed by atoms with E-state index in [0.717, 1.165) is 25.8 Å². The first-order valence-electron chi connectivity index (χ1n) is 6.68. The fourth-order valence-electron chi connectivity index (χ4n) is 2.61. The summed E-state index contributed by atoms with van der Waals surface area (Å²) in [6.07, 6.45) is 5.28. The molecule has 0 amide bonds. The second-order valence-electron chi connectivity index (χ2n) is 5.40. The van der Waals surface area contributed by atoms with Gasteiger partial charge >= 0.3 is 0 Å². The van der Waals surface area contributed by atoms with Gasteiger partial charge in [-0.3, -0.25) is 0 Å². The molecular weight excluding hydrogens is 210 g/mol. The minimum atomic E-state index is -0.440. The largest absolute Gasteiger partial charge is 0.389 e. The third kappa shape index (κ3) is 3.83. The topological polar surface area (TPSA) is 32.3 Å². The predicted molar refractivity (Wildman–Crippen MR) is 71.0 cm³/mol. The average molecular weight is 233 g/mol. The maximum Gasteiger partial charge on any atom is 0.0771 e. The molecule has 2 N–H and O–H groups in total. The zero-order chi connectivity index (χ0) is 12.1. The Hall–Kier alpha value is -0.860. The molecule has 1 atom stereocenters. The highest BCUT2D eigenvalue weighted by Crippen LogP contribution is 2.28. The maximum atomic E-state index is 10.2. The van der Waals surface area contributed by atoms with Crippen molar-refractivity contribution in [1.29, 1.82) is 0 Å². The summed E-state index contributed by atoms with van der Waals surface area (Å²) in [6, 6.07) is 10.9. The molecule has 2 rings (SSSR count). The molecule has 1 fully saturated rings. The molecule has 0 bridgehead atoms. The molecule has 1 aromatic carbocycles. The molecule has 0 aromatic heterocycles. The summed E-state index contributed by atoms with van der Waals surface area (Å²) in [4.78, 5) is 0. The van der Waals surface area contributed by atoms with Crippen LogP contribution in [0.1, 0.15) is 38.2 Å². The standard InChI is InChI=1S/C15H23NO/c1-13(11-14-7-3-2-4-8-14)16-12-15(17)9-5-6-10-15/h2-4,7-8,13,16-17H,5-6,9-12H2,1H3. The normalized spacial score (nSPS) is 20.4. The van der Waals surface area contributed by atoms with E-state index < -0.39 is 5.60 Å². The van der Waals surface area contributed by atoms with Crippen LogP contribution in [0.2, 0.25) is 0 Å². The van der Waals surface area contributed by atoms with E-state index in [-0.39, 0.29) is 0 Å². The van der Waals surface area contributed by atoms with Crippen LogP contribution in [0.3, 0.4) is 0 Å². The van der Waals surface area contributed by atoms with E-state index in [4.69, 9.17) is 0 Å². The van der Waals surface area contributed by atoms with Crippen molar-refractivity contribution in [3.63, 3.8) is 0 Å². The summed E-state index contributed by atoms with van der Waals surface area (Å²) in [5.41, 5.74) is 0.913. The van der Waals surface area contributed by atoms with E-state index in [1.807, 2.05) is 6.07 Å². The number of benzene rings is 1. The van der Waals surface area contributed by atoms with Gasteiger partial charge in [0.1, 0.15) is 0 Å². The Bertz CT molecular complexity index is 330. The Labute approximate surface area is 104 Å². The van der Waals surface area contributed by atoms with Crippen LogP contribution in [-0.2, 0) is 6.42 Å². The van der Waals surface area contributed by atoms with Crippen molar-refractivity contribution in [2.24, 2.45) is 0 Å². The smallest absolute Gasteiger partial charge is 0.0771 e. The lowest BCUT2D eigenvalue weighted by Crippen LogP contribution is -2.42. The molecular formula is C15H23NO. The van der Waals surface area contributed by atoms with Crippen molar-refractivity contribution in [3.8, 4) is 0 Å². The maximum absolute atomic E-state index is 10.2. The Morgan fingerprint density at radius 1 is 1.24 bits per heavy atom. The molecule has 2 heteroatoms. The first-order chi connectivity index (χ1) is 8.18. The molecule has 94 valence electrons. The molecule has 2 nitrogen and oxygen atoms in total. The summed E-state index contributed by atoms with van der Waals surface area (Å²) >= 11 is 0. The minimum absolute atomic E-state index is 0.419. The molecule has 1 aromatic rings. The highest BCUT2D eigenvalue weighted by atomic mass is 16.3. The van der Waals surface area contributed by atoms with Crippen LogP contribution in [-0.4, -0.2) is 23.3 Å². The van der Waals surface area contributed by atoms with Crippen molar-refractivity contribution < 1.29 is 5.11 Å². The molecule has 0 heterocycles. The minimum Gasteiger partial charge on any atom is -0.389 e. The zero-order valence-corrected chi connectivity index (χ0v) is 10.7. The lowest BCUT2D eigenvalue weighted by atomic mass is 10.0. The molecule has 0 spiro atoms. The van der Waals surface area contributed by atoms with Crippen LogP contribution < -0.4 is 5.32 Å². The van der Waals surface area contributed by atoms with Crippen molar-refractivity contribution >= 4 is 0 Å². The molecule has 17 heavy (non-hydrogen) atoms. The third-order valence-electron chi connectivity index (χ3n) is 3.70. The third-order valence-corrected chi connectivity index (χ3v) is 3.70. The van der Waals surface area contributed by atoms with Gasteiger partial charge in [0.05, 0.1) is 5.60 Å². The molecule has 0 radical (unpaired) electrons. The Morgan fingerprint density at radius 2 is 1.88 bits per heavy atom. The lowest BCUT2D eigenvalue weighted by molar-refractivity contribution is 0.0454. The van der Waals surface area contributed by atoms with Gasteiger partial charge in [0.25, 0.3) is 0 Å². The highest BCUT2D eigenvalue weighted by molar-refractivity contribution is 5.15. The van der Waals surface area contributed by atoms with E-state index in [0.29, 0.717) is 6.04 Å². The van der Waals surface area contributed by atoms with Gasteiger partial charge < -0.3 is 10.4 Å². The molecule has 1 unspecified atom stereocenters. The van der Waals surface area contributed by atoms with Crippen molar-refractivity contribution in [2.75, 3.05) is 6.54 Å². The van der Waals surface area contributed by atoms with Crippen LogP contribution in [0.4, 0.5) is 0 Å². The van der Waals surface area contributed by atoms with Crippen LogP contribution >= 0.6 is 0 Å². The quantitative estimate of drug-likeness (QED) is 0.819. The summed E-state index contributed by atoms with van der Waals surface area (Å²) in [6.45, 7) is 2.92. The fourth-order valence-corrected chi connectivity index (χ4v) is 2.61. The van der Waals surface area contributed by atoms with Gasteiger partial charge in [0, 0.05) is 12.6 Å². The van der Waals surface area contributed by atoms with E-state index in [1.165, 1.54) is 18.4 Å². The molecule has 1 aliphatic carbocycles. The summed E-state index contributed by atoms with van der Waals surface area (Å²) in [5.74, 6) is 0. The Kier molecular flexibility index (Phi) is 4.19. The van der Waals surface area contributed by atoms with Gasteiger partial charge in [-0.1, -0.05) is 43.2 Å². The highest BCUT2D eigenvalue weighted by Gasteiger charge is 2.30. The lowest BCUT2D eigenvalue weighted by Gasteiger charge is -2.25.